The molecule has 2 N–H and O–H groups in total. The van der Waals surface area contributed by atoms with E-state index in [0.717, 1.165) is 22.3 Å². The van der Waals surface area contributed by atoms with Crippen molar-refractivity contribution in [2.45, 2.75) is 32.7 Å². The number of hydrogen-bond acceptors (Lipinski definition) is 3. The summed E-state index contributed by atoms with van der Waals surface area (Å²) in [7, 11) is 0. The SMILES string of the molecule is CC(C)(C)[C@H](NC(=O)OCC1c2ccccc2-c2ccccc21)C(=O)O. The summed E-state index contributed by atoms with van der Waals surface area (Å²) in [6.07, 6.45) is -0.714. The lowest BCUT2D eigenvalue weighted by molar-refractivity contribution is -0.142. The van der Waals surface area contributed by atoms with E-state index in [2.05, 4.69) is 17.4 Å². The van der Waals surface area contributed by atoms with Gasteiger partial charge in [0.25, 0.3) is 0 Å². The molecule has 3 rings (SSSR count). The first kappa shape index (κ1) is 18.0. The highest BCUT2D eigenvalue weighted by Crippen LogP contribution is 2.44. The zero-order valence-electron chi connectivity index (χ0n) is 15.2. The average molecular weight is 353 g/mol. The Balaban J connectivity index is 1.74. The van der Waals surface area contributed by atoms with Crippen LogP contribution in [0, 0.1) is 5.41 Å². The van der Waals surface area contributed by atoms with Gasteiger partial charge in [-0.1, -0.05) is 69.3 Å². The van der Waals surface area contributed by atoms with Gasteiger partial charge in [-0.2, -0.15) is 0 Å². The Morgan fingerprint density at radius 3 is 2.00 bits per heavy atom. The fourth-order valence-electron chi connectivity index (χ4n) is 3.41. The van der Waals surface area contributed by atoms with Crippen molar-refractivity contribution in [3.8, 4) is 11.1 Å². The zero-order chi connectivity index (χ0) is 18.9. The summed E-state index contributed by atoms with van der Waals surface area (Å²) in [5, 5.41) is 11.8. The van der Waals surface area contributed by atoms with Gasteiger partial charge < -0.3 is 15.2 Å². The molecular formula is C21H23NO4. The Kier molecular flexibility index (Phi) is 4.72. The number of carbonyl (C=O) groups is 2. The molecule has 1 aliphatic carbocycles. The van der Waals surface area contributed by atoms with E-state index in [1.54, 1.807) is 20.8 Å². The average Bonchev–Trinajstić information content (AvgIpc) is 2.91. The lowest BCUT2D eigenvalue weighted by Crippen LogP contribution is -2.49. The van der Waals surface area contributed by atoms with E-state index in [-0.39, 0.29) is 12.5 Å². The number of amides is 1. The third-order valence-corrected chi connectivity index (χ3v) is 4.72. The van der Waals surface area contributed by atoms with Crippen molar-refractivity contribution in [2.24, 2.45) is 5.41 Å². The molecule has 2 aromatic carbocycles. The van der Waals surface area contributed by atoms with Crippen molar-refractivity contribution in [2.75, 3.05) is 6.61 Å². The van der Waals surface area contributed by atoms with E-state index in [1.165, 1.54) is 0 Å². The summed E-state index contributed by atoms with van der Waals surface area (Å²) >= 11 is 0. The molecule has 1 atom stereocenters. The Bertz CT molecular complexity index is 792. The molecule has 136 valence electrons. The minimum atomic E-state index is -1.08. The van der Waals surface area contributed by atoms with Gasteiger partial charge in [0, 0.05) is 5.92 Å². The highest BCUT2D eigenvalue weighted by Gasteiger charge is 2.34. The third-order valence-electron chi connectivity index (χ3n) is 4.72. The summed E-state index contributed by atoms with van der Waals surface area (Å²) in [6, 6.07) is 15.1. The number of hydrogen-bond donors (Lipinski definition) is 2. The van der Waals surface area contributed by atoms with Crippen LogP contribution in [0.1, 0.15) is 37.8 Å². The van der Waals surface area contributed by atoms with Gasteiger partial charge in [-0.05, 0) is 27.7 Å². The van der Waals surface area contributed by atoms with E-state index in [1.807, 2.05) is 36.4 Å². The first-order valence-electron chi connectivity index (χ1n) is 8.63. The smallest absolute Gasteiger partial charge is 0.407 e. The van der Waals surface area contributed by atoms with Crippen LogP contribution >= 0.6 is 0 Å². The quantitative estimate of drug-likeness (QED) is 0.870. The summed E-state index contributed by atoms with van der Waals surface area (Å²) < 4.78 is 5.40. The number of ether oxygens (including phenoxy) is 1. The van der Waals surface area contributed by atoms with Crippen LogP contribution < -0.4 is 5.32 Å². The Hall–Kier alpha value is -2.82. The second-order valence-corrected chi connectivity index (χ2v) is 7.61. The number of carboxylic acids is 1. The van der Waals surface area contributed by atoms with Gasteiger partial charge in [-0.3, -0.25) is 0 Å². The van der Waals surface area contributed by atoms with Gasteiger partial charge in [0.15, 0.2) is 0 Å². The number of rotatable bonds is 4. The number of alkyl carbamates (subject to hydrolysis) is 1. The van der Waals surface area contributed by atoms with Crippen LogP contribution in [0.3, 0.4) is 0 Å². The van der Waals surface area contributed by atoms with Crippen LogP contribution in [-0.2, 0) is 9.53 Å². The van der Waals surface area contributed by atoms with Crippen LogP contribution in [0.15, 0.2) is 48.5 Å². The predicted molar refractivity (Wildman–Crippen MR) is 99.1 cm³/mol. The molecule has 2 aromatic rings. The standard InChI is InChI=1S/C21H23NO4/c1-21(2,3)18(19(23)24)22-20(25)26-12-17-15-10-6-4-8-13(15)14-9-5-7-11-16(14)17/h4-11,17-18H,12H2,1-3H3,(H,22,25)(H,23,24)/t18-/m1/s1. The first-order chi connectivity index (χ1) is 12.3. The van der Waals surface area contributed by atoms with Gasteiger partial charge in [-0.25, -0.2) is 9.59 Å². The Morgan fingerprint density at radius 2 is 1.54 bits per heavy atom. The minimum Gasteiger partial charge on any atom is -0.480 e. The number of carboxylic acid groups (broad SMARTS) is 1. The second-order valence-electron chi connectivity index (χ2n) is 7.61. The molecule has 0 saturated heterocycles. The maximum atomic E-state index is 12.2. The van der Waals surface area contributed by atoms with E-state index >= 15 is 0 Å². The van der Waals surface area contributed by atoms with Crippen molar-refractivity contribution < 1.29 is 19.4 Å². The highest BCUT2D eigenvalue weighted by molar-refractivity contribution is 5.81. The van der Waals surface area contributed by atoms with Crippen molar-refractivity contribution >= 4 is 12.1 Å². The van der Waals surface area contributed by atoms with E-state index in [4.69, 9.17) is 4.74 Å². The number of fused-ring (bicyclic) bond motifs is 3. The fraction of sp³-hybridized carbons (Fsp3) is 0.333. The number of aliphatic carboxylic acids is 1. The van der Waals surface area contributed by atoms with Crippen molar-refractivity contribution in [1.82, 2.24) is 5.32 Å². The molecule has 0 bridgehead atoms. The fourth-order valence-corrected chi connectivity index (χ4v) is 3.41. The number of nitrogens with one attached hydrogen (secondary N) is 1. The lowest BCUT2D eigenvalue weighted by atomic mass is 9.87. The number of benzene rings is 2. The molecule has 0 spiro atoms. The monoisotopic (exact) mass is 353 g/mol. The van der Waals surface area contributed by atoms with Gasteiger partial charge >= 0.3 is 12.1 Å². The normalized spacial score (nSPS) is 14.3. The van der Waals surface area contributed by atoms with Crippen LogP contribution in [-0.4, -0.2) is 29.8 Å². The van der Waals surface area contributed by atoms with E-state index in [0.29, 0.717) is 0 Å². The minimum absolute atomic E-state index is 0.0499. The van der Waals surface area contributed by atoms with E-state index in [9.17, 15) is 14.7 Å². The highest BCUT2D eigenvalue weighted by atomic mass is 16.5. The molecule has 0 unspecified atom stereocenters. The Labute approximate surface area is 153 Å². The molecule has 1 aliphatic rings. The molecule has 0 heterocycles. The van der Waals surface area contributed by atoms with Gasteiger partial charge in [0.1, 0.15) is 12.6 Å². The first-order valence-corrected chi connectivity index (χ1v) is 8.63. The maximum absolute atomic E-state index is 12.2. The van der Waals surface area contributed by atoms with Crippen molar-refractivity contribution in [1.29, 1.82) is 0 Å². The summed E-state index contributed by atoms with van der Waals surface area (Å²) in [5.41, 5.74) is 3.92. The number of carbonyl (C=O) groups excluding carboxylic acids is 1. The maximum Gasteiger partial charge on any atom is 0.407 e. The third kappa shape index (κ3) is 3.43. The van der Waals surface area contributed by atoms with Crippen LogP contribution in [0.25, 0.3) is 11.1 Å². The topological polar surface area (TPSA) is 75.6 Å². The molecular weight excluding hydrogens is 330 g/mol. The molecule has 1 amide bonds. The second kappa shape index (κ2) is 6.83. The summed E-state index contributed by atoms with van der Waals surface area (Å²) in [4.78, 5) is 23.6. The molecule has 0 radical (unpaired) electrons. The largest absolute Gasteiger partial charge is 0.480 e. The van der Waals surface area contributed by atoms with Crippen molar-refractivity contribution in [3.05, 3.63) is 59.7 Å². The molecule has 5 nitrogen and oxygen atoms in total. The molecule has 0 fully saturated rings. The summed E-state index contributed by atoms with van der Waals surface area (Å²) in [5.74, 6) is -1.13. The van der Waals surface area contributed by atoms with Gasteiger partial charge in [0.05, 0.1) is 0 Å². The van der Waals surface area contributed by atoms with Gasteiger partial charge in [0.2, 0.25) is 0 Å². The Morgan fingerprint density at radius 1 is 1.04 bits per heavy atom. The predicted octanol–water partition coefficient (Wildman–Crippen LogP) is 4.02. The van der Waals surface area contributed by atoms with Gasteiger partial charge in [-0.15, -0.1) is 0 Å². The molecule has 0 aliphatic heterocycles. The lowest BCUT2D eigenvalue weighted by Gasteiger charge is -2.27. The zero-order valence-corrected chi connectivity index (χ0v) is 15.2. The molecule has 26 heavy (non-hydrogen) atoms. The van der Waals surface area contributed by atoms with Crippen LogP contribution in [0.5, 0.6) is 0 Å². The van der Waals surface area contributed by atoms with E-state index < -0.39 is 23.5 Å². The molecule has 0 aromatic heterocycles. The van der Waals surface area contributed by atoms with Crippen LogP contribution in [0.4, 0.5) is 4.79 Å². The van der Waals surface area contributed by atoms with Crippen LogP contribution in [0.2, 0.25) is 0 Å². The summed E-state index contributed by atoms with van der Waals surface area (Å²) in [6.45, 7) is 5.44. The van der Waals surface area contributed by atoms with Crippen molar-refractivity contribution in [3.63, 3.8) is 0 Å². The molecule has 0 saturated carbocycles. The molecule has 5 heteroatoms.